The van der Waals surface area contributed by atoms with Gasteiger partial charge in [0.1, 0.15) is 0 Å². The van der Waals surface area contributed by atoms with E-state index in [-0.39, 0.29) is 22.7 Å². The van der Waals surface area contributed by atoms with Gasteiger partial charge < -0.3 is 5.32 Å². The lowest BCUT2D eigenvalue weighted by Crippen LogP contribution is -2.27. The van der Waals surface area contributed by atoms with Crippen LogP contribution in [0.5, 0.6) is 0 Å². The first kappa shape index (κ1) is 21.8. The number of sulfone groups is 1. The number of unbranched alkanes of at least 4 members (excludes halogenated alkanes) is 9. The Hall–Kier alpha value is -0.230. The van der Waals surface area contributed by atoms with Crippen LogP contribution in [0.25, 0.3) is 0 Å². The Morgan fingerprint density at radius 2 is 1.58 bits per heavy atom. The van der Waals surface area contributed by atoms with Crippen LogP contribution in [0.4, 0.5) is 4.79 Å². The first-order valence-corrected chi connectivity index (χ1v) is 12.4. The molecule has 1 aliphatic heterocycles. The summed E-state index contributed by atoms with van der Waals surface area (Å²) in [6.45, 7) is 2.75. The molecule has 0 bridgehead atoms. The molecule has 0 aromatic carbocycles. The van der Waals surface area contributed by atoms with Crippen molar-refractivity contribution in [2.24, 2.45) is 5.92 Å². The summed E-state index contributed by atoms with van der Waals surface area (Å²) in [4.78, 5) is 11.7. The predicted molar refractivity (Wildman–Crippen MR) is 104 cm³/mol. The van der Waals surface area contributed by atoms with Crippen LogP contribution in [0.1, 0.15) is 77.6 Å². The average molecular weight is 378 g/mol. The highest BCUT2D eigenvalue weighted by atomic mass is 32.2. The van der Waals surface area contributed by atoms with Crippen molar-refractivity contribution in [3.63, 3.8) is 0 Å². The first-order chi connectivity index (χ1) is 11.5. The van der Waals surface area contributed by atoms with Crippen LogP contribution in [-0.2, 0) is 9.84 Å². The molecule has 1 saturated heterocycles. The fourth-order valence-electron chi connectivity index (χ4n) is 3.07. The van der Waals surface area contributed by atoms with Crippen LogP contribution < -0.4 is 5.32 Å². The largest absolute Gasteiger partial charge is 0.347 e. The third-order valence-electron chi connectivity index (χ3n) is 4.59. The van der Waals surface area contributed by atoms with Crippen molar-refractivity contribution >= 4 is 26.8 Å². The monoisotopic (exact) mass is 377 g/mol. The maximum atomic E-state index is 11.7. The van der Waals surface area contributed by atoms with Gasteiger partial charge in [0.2, 0.25) is 0 Å². The van der Waals surface area contributed by atoms with Gasteiger partial charge in [0.15, 0.2) is 9.84 Å². The lowest BCUT2D eigenvalue weighted by atomic mass is 10.1. The van der Waals surface area contributed by atoms with Crippen molar-refractivity contribution in [3.8, 4) is 0 Å². The third kappa shape index (κ3) is 11.3. The predicted octanol–water partition coefficient (Wildman–Crippen LogP) is 4.78. The van der Waals surface area contributed by atoms with Crippen LogP contribution in [0.2, 0.25) is 0 Å². The number of nitrogens with one attached hydrogen (secondary N) is 1. The lowest BCUT2D eigenvalue weighted by molar-refractivity contribution is 0.259. The molecule has 0 saturated carbocycles. The summed E-state index contributed by atoms with van der Waals surface area (Å²) in [5.74, 6) is 1.48. The molecular formula is C18H35NO3S2. The molecule has 0 aromatic heterocycles. The topological polar surface area (TPSA) is 63.2 Å². The lowest BCUT2D eigenvalue weighted by Gasteiger charge is -2.09. The zero-order valence-electron chi connectivity index (χ0n) is 15.2. The zero-order chi connectivity index (χ0) is 17.7. The van der Waals surface area contributed by atoms with E-state index in [0.29, 0.717) is 13.0 Å². The summed E-state index contributed by atoms with van der Waals surface area (Å²) in [7, 11) is -2.84. The molecule has 0 aliphatic carbocycles. The van der Waals surface area contributed by atoms with Gasteiger partial charge in [-0.3, -0.25) is 4.79 Å². The maximum absolute atomic E-state index is 11.7. The second kappa shape index (κ2) is 13.0. The molecule has 1 heterocycles. The Labute approximate surface area is 152 Å². The SMILES string of the molecule is CCCCCCCCCCCCSC(=O)NCC1CCS(=O)(=O)C1. The van der Waals surface area contributed by atoms with Gasteiger partial charge in [-0.2, -0.15) is 0 Å². The quantitative estimate of drug-likeness (QED) is 0.469. The van der Waals surface area contributed by atoms with E-state index in [9.17, 15) is 13.2 Å². The normalized spacial score (nSPS) is 19.5. The molecule has 1 unspecified atom stereocenters. The number of rotatable bonds is 13. The van der Waals surface area contributed by atoms with Gasteiger partial charge in [-0.1, -0.05) is 76.5 Å². The molecule has 6 heteroatoms. The van der Waals surface area contributed by atoms with E-state index < -0.39 is 9.84 Å². The molecule has 4 nitrogen and oxygen atoms in total. The highest BCUT2D eigenvalue weighted by Crippen LogP contribution is 2.18. The van der Waals surface area contributed by atoms with Gasteiger partial charge in [-0.15, -0.1) is 0 Å². The minimum atomic E-state index is -2.84. The van der Waals surface area contributed by atoms with E-state index >= 15 is 0 Å². The van der Waals surface area contributed by atoms with Crippen molar-refractivity contribution in [2.45, 2.75) is 77.6 Å². The zero-order valence-corrected chi connectivity index (χ0v) is 16.9. The highest BCUT2D eigenvalue weighted by molar-refractivity contribution is 8.13. The average Bonchev–Trinajstić information content (AvgIpc) is 2.90. The molecule has 0 aromatic rings. The molecule has 1 atom stereocenters. The number of hydrogen-bond acceptors (Lipinski definition) is 4. The van der Waals surface area contributed by atoms with E-state index in [1.807, 2.05) is 0 Å². The molecule has 1 aliphatic rings. The van der Waals surface area contributed by atoms with Crippen LogP contribution in [0.3, 0.4) is 0 Å². The molecule has 1 N–H and O–H groups in total. The number of hydrogen-bond donors (Lipinski definition) is 1. The Bertz CT molecular complexity index is 438. The van der Waals surface area contributed by atoms with E-state index in [0.717, 1.165) is 12.2 Å². The Morgan fingerprint density at radius 1 is 1.00 bits per heavy atom. The van der Waals surface area contributed by atoms with E-state index in [4.69, 9.17) is 0 Å². The van der Waals surface area contributed by atoms with Crippen molar-refractivity contribution in [3.05, 3.63) is 0 Å². The minimum Gasteiger partial charge on any atom is -0.347 e. The van der Waals surface area contributed by atoms with E-state index in [1.165, 1.54) is 69.5 Å². The molecule has 1 fully saturated rings. The Kier molecular flexibility index (Phi) is 11.8. The van der Waals surface area contributed by atoms with Crippen LogP contribution in [-0.4, -0.2) is 37.5 Å². The highest BCUT2D eigenvalue weighted by Gasteiger charge is 2.27. The molecule has 24 heavy (non-hydrogen) atoms. The number of carbonyl (C=O) groups is 1. The summed E-state index contributed by atoms with van der Waals surface area (Å²) in [5, 5.41) is 2.85. The van der Waals surface area contributed by atoms with Crippen molar-refractivity contribution < 1.29 is 13.2 Å². The maximum Gasteiger partial charge on any atom is 0.279 e. The molecule has 0 radical (unpaired) electrons. The summed E-state index contributed by atoms with van der Waals surface area (Å²) in [6.07, 6.45) is 13.7. The second-order valence-corrected chi connectivity index (χ2v) is 10.3. The van der Waals surface area contributed by atoms with E-state index in [2.05, 4.69) is 12.2 Å². The number of thioether (sulfide) groups is 1. The van der Waals surface area contributed by atoms with Crippen molar-refractivity contribution in [1.29, 1.82) is 0 Å². The Balaban J connectivity index is 1.84. The fraction of sp³-hybridized carbons (Fsp3) is 0.944. The summed E-state index contributed by atoms with van der Waals surface area (Å²) >= 11 is 1.34. The summed E-state index contributed by atoms with van der Waals surface area (Å²) in [5.41, 5.74) is 0. The smallest absolute Gasteiger partial charge is 0.279 e. The van der Waals surface area contributed by atoms with Gasteiger partial charge in [-0.05, 0) is 18.8 Å². The molecule has 1 rings (SSSR count). The van der Waals surface area contributed by atoms with Gasteiger partial charge >= 0.3 is 0 Å². The number of carbonyl (C=O) groups excluding carboxylic acids is 1. The van der Waals surface area contributed by atoms with Gasteiger partial charge in [0.25, 0.3) is 5.24 Å². The summed E-state index contributed by atoms with van der Waals surface area (Å²) in [6, 6.07) is 0. The molecule has 0 spiro atoms. The first-order valence-electron chi connectivity index (χ1n) is 9.64. The summed E-state index contributed by atoms with van der Waals surface area (Å²) < 4.78 is 22.7. The van der Waals surface area contributed by atoms with Gasteiger partial charge in [-0.25, -0.2) is 8.42 Å². The molecule has 1 amide bonds. The third-order valence-corrected chi connectivity index (χ3v) is 7.33. The number of amides is 1. The van der Waals surface area contributed by atoms with Crippen molar-refractivity contribution in [1.82, 2.24) is 5.32 Å². The van der Waals surface area contributed by atoms with Gasteiger partial charge in [0, 0.05) is 12.3 Å². The Morgan fingerprint density at radius 3 is 2.12 bits per heavy atom. The minimum absolute atomic E-state index is 0.00442. The van der Waals surface area contributed by atoms with Crippen LogP contribution in [0, 0.1) is 5.92 Å². The fourth-order valence-corrected chi connectivity index (χ4v) is 5.65. The van der Waals surface area contributed by atoms with Crippen LogP contribution in [0.15, 0.2) is 0 Å². The standard InChI is InChI=1S/C18H35NO3S2/c1-2-3-4-5-6-7-8-9-10-11-13-23-18(20)19-15-17-12-14-24(21,22)16-17/h17H,2-16H2,1H3,(H,19,20). The molecule has 142 valence electrons. The van der Waals surface area contributed by atoms with Gasteiger partial charge in [0.05, 0.1) is 11.5 Å². The molecular weight excluding hydrogens is 342 g/mol. The van der Waals surface area contributed by atoms with E-state index in [1.54, 1.807) is 0 Å². The van der Waals surface area contributed by atoms with Crippen molar-refractivity contribution in [2.75, 3.05) is 23.8 Å². The van der Waals surface area contributed by atoms with Crippen LogP contribution >= 0.6 is 11.8 Å². The second-order valence-electron chi connectivity index (χ2n) is 6.97.